The Morgan fingerprint density at radius 2 is 1.68 bits per heavy atom. The Morgan fingerprint density at radius 3 is 2.36 bits per heavy atom. The van der Waals surface area contributed by atoms with Crippen molar-refractivity contribution in [1.29, 1.82) is 0 Å². The van der Waals surface area contributed by atoms with Crippen molar-refractivity contribution in [2.24, 2.45) is 5.92 Å². The molecule has 0 radical (unpaired) electrons. The van der Waals surface area contributed by atoms with Gasteiger partial charge in [-0.2, -0.15) is 0 Å². The van der Waals surface area contributed by atoms with Crippen LogP contribution in [-0.2, 0) is 9.59 Å². The van der Waals surface area contributed by atoms with E-state index in [0.29, 0.717) is 28.6 Å². The van der Waals surface area contributed by atoms with Gasteiger partial charge < -0.3 is 15.5 Å². The van der Waals surface area contributed by atoms with E-state index in [1.54, 1.807) is 53.1 Å². The molecule has 0 bridgehead atoms. The summed E-state index contributed by atoms with van der Waals surface area (Å²) in [5.41, 5.74) is 1.77. The van der Waals surface area contributed by atoms with Gasteiger partial charge in [0, 0.05) is 28.6 Å². The second-order valence-electron chi connectivity index (χ2n) is 6.87. The van der Waals surface area contributed by atoms with Crippen molar-refractivity contribution < 1.29 is 14.4 Å². The molecule has 28 heavy (non-hydrogen) atoms. The fourth-order valence-corrected chi connectivity index (χ4v) is 3.95. The Hall–Kier alpha value is -2.80. The topological polar surface area (TPSA) is 78.5 Å². The zero-order valence-corrected chi connectivity index (χ0v) is 16.7. The summed E-state index contributed by atoms with van der Waals surface area (Å²) in [5, 5.41) is 5.68. The van der Waals surface area contributed by atoms with E-state index in [0.717, 1.165) is 0 Å². The maximum atomic E-state index is 12.8. The third kappa shape index (κ3) is 4.72. The number of amides is 3. The summed E-state index contributed by atoms with van der Waals surface area (Å²) in [4.78, 5) is 39.0. The lowest BCUT2D eigenvalue weighted by Crippen LogP contribution is -2.44. The number of hydrogen-bond donors (Lipinski definition) is 2. The highest BCUT2D eigenvalue weighted by Gasteiger charge is 2.35. The molecule has 3 amide bonds. The van der Waals surface area contributed by atoms with Crippen molar-refractivity contribution in [3.05, 3.63) is 60.2 Å². The van der Waals surface area contributed by atoms with Crippen LogP contribution in [0.5, 0.6) is 0 Å². The second-order valence-corrected chi connectivity index (χ2v) is 7.87. The molecular formula is C21H23N3O3S. The number of nitrogens with one attached hydrogen (secondary N) is 2. The summed E-state index contributed by atoms with van der Waals surface area (Å²) in [6.45, 7) is 3.63. The van der Waals surface area contributed by atoms with Crippen molar-refractivity contribution in [3.63, 3.8) is 0 Å². The zero-order chi connectivity index (χ0) is 20.1. The van der Waals surface area contributed by atoms with Crippen molar-refractivity contribution in [1.82, 2.24) is 4.90 Å². The van der Waals surface area contributed by atoms with Crippen LogP contribution in [0.4, 0.5) is 11.4 Å². The Morgan fingerprint density at radius 1 is 1.00 bits per heavy atom. The van der Waals surface area contributed by atoms with Crippen LogP contribution >= 0.6 is 11.8 Å². The van der Waals surface area contributed by atoms with E-state index < -0.39 is 6.04 Å². The smallest absolute Gasteiger partial charge is 0.255 e. The molecule has 6 nitrogen and oxygen atoms in total. The van der Waals surface area contributed by atoms with E-state index in [1.165, 1.54) is 0 Å². The van der Waals surface area contributed by atoms with Crippen molar-refractivity contribution in [2.45, 2.75) is 19.9 Å². The van der Waals surface area contributed by atoms with Gasteiger partial charge in [-0.25, -0.2) is 0 Å². The lowest BCUT2D eigenvalue weighted by Gasteiger charge is -2.23. The maximum Gasteiger partial charge on any atom is 0.255 e. The number of hydrogen-bond acceptors (Lipinski definition) is 4. The molecule has 0 aliphatic carbocycles. The van der Waals surface area contributed by atoms with Crippen LogP contribution in [0.2, 0.25) is 0 Å². The quantitative estimate of drug-likeness (QED) is 0.810. The third-order valence-electron chi connectivity index (χ3n) is 4.39. The molecule has 1 saturated heterocycles. The lowest BCUT2D eigenvalue weighted by atomic mass is 10.1. The molecule has 2 aromatic carbocycles. The number of rotatable bonds is 5. The molecule has 2 N–H and O–H groups in total. The molecule has 0 aromatic heterocycles. The van der Waals surface area contributed by atoms with Gasteiger partial charge in [-0.1, -0.05) is 38.1 Å². The average molecular weight is 398 g/mol. The Balaban J connectivity index is 1.68. The monoisotopic (exact) mass is 397 g/mol. The van der Waals surface area contributed by atoms with Crippen LogP contribution < -0.4 is 10.6 Å². The first-order valence-electron chi connectivity index (χ1n) is 9.11. The summed E-state index contributed by atoms with van der Waals surface area (Å²) in [7, 11) is 0. The number of carbonyl (C=O) groups is 3. The molecule has 0 saturated carbocycles. The van der Waals surface area contributed by atoms with Gasteiger partial charge in [0.2, 0.25) is 11.8 Å². The highest BCUT2D eigenvalue weighted by Crippen LogP contribution is 2.25. The van der Waals surface area contributed by atoms with Crippen molar-refractivity contribution in [3.8, 4) is 0 Å². The predicted octanol–water partition coefficient (Wildman–Crippen LogP) is 3.43. The molecule has 146 valence electrons. The highest BCUT2D eigenvalue weighted by molar-refractivity contribution is 7.99. The lowest BCUT2D eigenvalue weighted by molar-refractivity contribution is -0.119. The molecular weight excluding hydrogens is 374 g/mol. The molecule has 1 aliphatic rings. The molecule has 2 aromatic rings. The maximum absolute atomic E-state index is 12.8. The summed E-state index contributed by atoms with van der Waals surface area (Å²) in [6.07, 6.45) is 0. The Kier molecular flexibility index (Phi) is 6.36. The molecule has 1 fully saturated rings. The predicted molar refractivity (Wildman–Crippen MR) is 112 cm³/mol. The van der Waals surface area contributed by atoms with Gasteiger partial charge in [-0.15, -0.1) is 11.8 Å². The molecule has 3 rings (SSSR count). The summed E-state index contributed by atoms with van der Waals surface area (Å²) >= 11 is 1.55. The van der Waals surface area contributed by atoms with E-state index in [9.17, 15) is 14.4 Å². The number of anilines is 2. The number of carbonyl (C=O) groups excluding carboxylic acids is 3. The van der Waals surface area contributed by atoms with Gasteiger partial charge in [0.15, 0.2) is 0 Å². The molecule has 1 aliphatic heterocycles. The van der Waals surface area contributed by atoms with Crippen molar-refractivity contribution >= 4 is 40.9 Å². The molecule has 1 unspecified atom stereocenters. The van der Waals surface area contributed by atoms with Crippen molar-refractivity contribution in [2.75, 3.05) is 22.3 Å². The SMILES string of the molecule is CC(C)C(=O)Nc1cccc(NC(=O)C2CSCN2C(=O)c2ccccc2)c1. The first kappa shape index (κ1) is 19.9. The van der Waals surface area contributed by atoms with E-state index >= 15 is 0 Å². The van der Waals surface area contributed by atoms with E-state index in [1.807, 2.05) is 32.0 Å². The molecule has 1 atom stereocenters. The third-order valence-corrected chi connectivity index (χ3v) is 5.40. The van der Waals surface area contributed by atoms with Gasteiger partial charge in [0.25, 0.3) is 5.91 Å². The Labute approximate surface area is 168 Å². The van der Waals surface area contributed by atoms with Crippen LogP contribution in [0.1, 0.15) is 24.2 Å². The standard InChI is InChI=1S/C21H23N3O3S/c1-14(2)19(25)22-16-9-6-10-17(11-16)23-20(26)18-12-28-13-24(18)21(27)15-7-4-3-5-8-15/h3-11,14,18H,12-13H2,1-2H3,(H,22,25)(H,23,26). The normalized spacial score (nSPS) is 16.1. The fourth-order valence-electron chi connectivity index (χ4n) is 2.79. The van der Waals surface area contributed by atoms with Gasteiger partial charge in [-0.3, -0.25) is 14.4 Å². The minimum Gasteiger partial charge on any atom is -0.326 e. The minimum absolute atomic E-state index is 0.0877. The largest absolute Gasteiger partial charge is 0.326 e. The van der Waals surface area contributed by atoms with Gasteiger partial charge in [0.1, 0.15) is 6.04 Å². The van der Waals surface area contributed by atoms with Crippen LogP contribution in [0.25, 0.3) is 0 Å². The zero-order valence-electron chi connectivity index (χ0n) is 15.8. The van der Waals surface area contributed by atoms with Gasteiger partial charge >= 0.3 is 0 Å². The van der Waals surface area contributed by atoms with E-state index in [2.05, 4.69) is 10.6 Å². The summed E-state index contributed by atoms with van der Waals surface area (Å²) < 4.78 is 0. The average Bonchev–Trinajstić information content (AvgIpc) is 3.18. The molecule has 1 heterocycles. The number of nitrogens with zero attached hydrogens (tertiary/aromatic N) is 1. The van der Waals surface area contributed by atoms with E-state index in [4.69, 9.17) is 0 Å². The minimum atomic E-state index is -0.536. The molecule has 7 heteroatoms. The summed E-state index contributed by atoms with van der Waals surface area (Å²) in [6, 6.07) is 15.4. The van der Waals surface area contributed by atoms with Crippen LogP contribution in [0.15, 0.2) is 54.6 Å². The van der Waals surface area contributed by atoms with Crippen LogP contribution in [-0.4, -0.2) is 40.3 Å². The summed E-state index contributed by atoms with van der Waals surface area (Å²) in [5.74, 6) is 0.428. The first-order valence-corrected chi connectivity index (χ1v) is 10.3. The van der Waals surface area contributed by atoms with E-state index in [-0.39, 0.29) is 23.6 Å². The Bertz CT molecular complexity index is 870. The fraction of sp³-hybridized carbons (Fsp3) is 0.286. The van der Waals surface area contributed by atoms with Gasteiger partial charge in [-0.05, 0) is 30.3 Å². The van der Waals surface area contributed by atoms with Gasteiger partial charge in [0.05, 0.1) is 5.88 Å². The molecule has 0 spiro atoms. The number of thioether (sulfide) groups is 1. The second kappa shape index (κ2) is 8.93. The first-order chi connectivity index (χ1) is 13.5. The number of benzene rings is 2. The van der Waals surface area contributed by atoms with Crippen LogP contribution in [0, 0.1) is 5.92 Å². The van der Waals surface area contributed by atoms with Crippen LogP contribution in [0.3, 0.4) is 0 Å². The highest BCUT2D eigenvalue weighted by atomic mass is 32.2.